The number of aromatic nitrogens is 2. The van der Waals surface area contributed by atoms with Gasteiger partial charge in [-0.25, -0.2) is 8.42 Å². The topological polar surface area (TPSA) is 58.4 Å². The van der Waals surface area contributed by atoms with Gasteiger partial charge in [0.1, 0.15) is 4.90 Å². The van der Waals surface area contributed by atoms with E-state index in [0.29, 0.717) is 36.8 Å². The van der Waals surface area contributed by atoms with E-state index in [4.69, 9.17) is 0 Å². The highest BCUT2D eigenvalue weighted by atomic mass is 32.2. The van der Waals surface area contributed by atoms with E-state index < -0.39 is 10.0 Å². The van der Waals surface area contributed by atoms with Gasteiger partial charge in [0.15, 0.2) is 0 Å². The van der Waals surface area contributed by atoms with Crippen LogP contribution in [0.4, 0.5) is 5.69 Å². The number of benzene rings is 1. The molecule has 0 N–H and O–H groups in total. The SMILES string of the molecule is CCn1nc(C)c(S(=O)(=O)N2CCN(c3ccc(C)cc3)C(C)C2)c1C. The summed E-state index contributed by atoms with van der Waals surface area (Å²) in [5, 5.41) is 4.38. The van der Waals surface area contributed by atoms with E-state index >= 15 is 0 Å². The maximum Gasteiger partial charge on any atom is 0.246 e. The first-order chi connectivity index (χ1) is 12.3. The van der Waals surface area contributed by atoms with Crippen molar-refractivity contribution in [3.63, 3.8) is 0 Å². The Bertz CT molecular complexity index is 887. The van der Waals surface area contributed by atoms with Gasteiger partial charge in [-0.05, 0) is 46.8 Å². The van der Waals surface area contributed by atoms with Crippen LogP contribution in [0.15, 0.2) is 29.2 Å². The summed E-state index contributed by atoms with van der Waals surface area (Å²) in [5.74, 6) is 0. The molecule has 1 fully saturated rings. The molecule has 7 heteroatoms. The molecular formula is C19H28N4O2S. The van der Waals surface area contributed by atoms with Crippen molar-refractivity contribution in [2.45, 2.75) is 52.1 Å². The lowest BCUT2D eigenvalue weighted by Crippen LogP contribution is -2.53. The fraction of sp³-hybridized carbons (Fsp3) is 0.526. The minimum Gasteiger partial charge on any atom is -0.366 e. The van der Waals surface area contributed by atoms with E-state index in [1.807, 2.05) is 13.8 Å². The molecule has 2 aromatic rings. The van der Waals surface area contributed by atoms with E-state index in [0.717, 1.165) is 11.4 Å². The smallest absolute Gasteiger partial charge is 0.246 e. The molecular weight excluding hydrogens is 348 g/mol. The Morgan fingerprint density at radius 3 is 2.31 bits per heavy atom. The van der Waals surface area contributed by atoms with Gasteiger partial charge in [-0.3, -0.25) is 4.68 Å². The van der Waals surface area contributed by atoms with E-state index in [1.165, 1.54) is 5.56 Å². The van der Waals surface area contributed by atoms with Crippen molar-refractivity contribution in [2.24, 2.45) is 0 Å². The zero-order valence-corrected chi connectivity index (χ0v) is 17.0. The first-order valence-electron chi connectivity index (χ1n) is 9.13. The lowest BCUT2D eigenvalue weighted by molar-refractivity contribution is 0.342. The number of nitrogens with zero attached hydrogens (tertiary/aromatic N) is 4. The van der Waals surface area contributed by atoms with Gasteiger partial charge in [0.25, 0.3) is 0 Å². The number of rotatable bonds is 4. The quantitative estimate of drug-likeness (QED) is 0.823. The number of piperazine rings is 1. The summed E-state index contributed by atoms with van der Waals surface area (Å²) in [6, 6.07) is 8.52. The summed E-state index contributed by atoms with van der Waals surface area (Å²) in [4.78, 5) is 2.65. The number of aryl methyl sites for hydroxylation is 3. The molecule has 1 unspecified atom stereocenters. The van der Waals surface area contributed by atoms with Crippen molar-refractivity contribution in [1.82, 2.24) is 14.1 Å². The van der Waals surface area contributed by atoms with Crippen molar-refractivity contribution in [3.05, 3.63) is 41.2 Å². The fourth-order valence-electron chi connectivity index (χ4n) is 3.75. The molecule has 1 aromatic carbocycles. The predicted molar refractivity (Wildman–Crippen MR) is 104 cm³/mol. The summed E-state index contributed by atoms with van der Waals surface area (Å²) >= 11 is 0. The molecule has 2 heterocycles. The van der Waals surface area contributed by atoms with Gasteiger partial charge in [-0.2, -0.15) is 9.40 Å². The molecule has 0 aliphatic carbocycles. The van der Waals surface area contributed by atoms with Gasteiger partial charge in [-0.15, -0.1) is 0 Å². The van der Waals surface area contributed by atoms with E-state index in [-0.39, 0.29) is 6.04 Å². The van der Waals surface area contributed by atoms with E-state index in [1.54, 1.807) is 15.9 Å². The molecule has 0 amide bonds. The van der Waals surface area contributed by atoms with Crippen LogP contribution in [0, 0.1) is 20.8 Å². The largest absolute Gasteiger partial charge is 0.366 e. The lowest BCUT2D eigenvalue weighted by atomic mass is 10.1. The number of anilines is 1. The summed E-state index contributed by atoms with van der Waals surface area (Å²) in [6.07, 6.45) is 0. The molecule has 26 heavy (non-hydrogen) atoms. The minimum absolute atomic E-state index is 0.114. The molecule has 1 aliphatic heterocycles. The second-order valence-electron chi connectivity index (χ2n) is 7.06. The molecule has 6 nitrogen and oxygen atoms in total. The van der Waals surface area contributed by atoms with Crippen molar-refractivity contribution >= 4 is 15.7 Å². The maximum atomic E-state index is 13.2. The molecule has 0 bridgehead atoms. The average molecular weight is 377 g/mol. The number of hydrogen-bond donors (Lipinski definition) is 0. The monoisotopic (exact) mass is 376 g/mol. The van der Waals surface area contributed by atoms with Crippen molar-refractivity contribution < 1.29 is 8.42 Å². The Morgan fingerprint density at radius 1 is 1.12 bits per heavy atom. The van der Waals surface area contributed by atoms with Crippen LogP contribution >= 0.6 is 0 Å². The average Bonchev–Trinajstić information content (AvgIpc) is 2.90. The van der Waals surface area contributed by atoms with Gasteiger partial charge in [0, 0.05) is 37.9 Å². The van der Waals surface area contributed by atoms with Gasteiger partial charge >= 0.3 is 0 Å². The van der Waals surface area contributed by atoms with E-state index in [9.17, 15) is 8.42 Å². The highest BCUT2D eigenvalue weighted by Crippen LogP contribution is 2.27. The number of hydrogen-bond acceptors (Lipinski definition) is 4. The first kappa shape index (κ1) is 18.9. The Labute approximate surface area is 156 Å². The van der Waals surface area contributed by atoms with Gasteiger partial charge < -0.3 is 4.90 Å². The lowest BCUT2D eigenvalue weighted by Gasteiger charge is -2.40. The van der Waals surface area contributed by atoms with Crippen molar-refractivity contribution in [2.75, 3.05) is 24.5 Å². The third-order valence-electron chi connectivity index (χ3n) is 5.17. The van der Waals surface area contributed by atoms with Gasteiger partial charge in [-0.1, -0.05) is 17.7 Å². The van der Waals surface area contributed by atoms with Crippen LogP contribution in [-0.4, -0.2) is 48.2 Å². The Kier molecular flexibility index (Phi) is 5.12. The van der Waals surface area contributed by atoms with Gasteiger partial charge in [0.2, 0.25) is 10.0 Å². The standard InChI is InChI=1S/C19H28N4O2S/c1-6-23-17(5)19(16(4)20-23)26(24,25)21-11-12-22(15(3)13-21)18-9-7-14(2)8-10-18/h7-10,15H,6,11-13H2,1-5H3. The van der Waals surface area contributed by atoms with Crippen LogP contribution in [0.5, 0.6) is 0 Å². The van der Waals surface area contributed by atoms with Crippen LogP contribution in [0.2, 0.25) is 0 Å². The molecule has 0 spiro atoms. The molecule has 0 saturated carbocycles. The Morgan fingerprint density at radius 2 is 1.77 bits per heavy atom. The Hall–Kier alpha value is -1.86. The number of sulfonamides is 1. The zero-order chi connectivity index (χ0) is 19.1. The fourth-order valence-corrected chi connectivity index (χ4v) is 5.64. The molecule has 1 saturated heterocycles. The minimum atomic E-state index is -3.53. The van der Waals surface area contributed by atoms with Crippen molar-refractivity contribution in [3.8, 4) is 0 Å². The second kappa shape index (κ2) is 7.04. The second-order valence-corrected chi connectivity index (χ2v) is 8.93. The molecule has 1 aromatic heterocycles. The Balaban J connectivity index is 1.84. The van der Waals surface area contributed by atoms with Crippen LogP contribution in [0.1, 0.15) is 30.8 Å². The molecule has 1 aliphatic rings. The van der Waals surface area contributed by atoms with E-state index in [2.05, 4.69) is 48.1 Å². The van der Waals surface area contributed by atoms with Gasteiger partial charge in [0.05, 0.1) is 11.4 Å². The third-order valence-corrected chi connectivity index (χ3v) is 7.29. The molecule has 1 atom stereocenters. The molecule has 142 valence electrons. The van der Waals surface area contributed by atoms with Crippen molar-refractivity contribution in [1.29, 1.82) is 0 Å². The predicted octanol–water partition coefficient (Wildman–Crippen LogP) is 2.73. The maximum absolute atomic E-state index is 13.2. The summed E-state index contributed by atoms with van der Waals surface area (Å²) in [7, 11) is -3.53. The summed E-state index contributed by atoms with van der Waals surface area (Å²) in [5.41, 5.74) is 3.67. The van der Waals surface area contributed by atoms with Crippen LogP contribution < -0.4 is 4.90 Å². The third kappa shape index (κ3) is 3.25. The first-order valence-corrected chi connectivity index (χ1v) is 10.6. The summed E-state index contributed by atoms with van der Waals surface area (Å²) in [6.45, 7) is 12.0. The molecule has 0 radical (unpaired) electrons. The highest BCUT2D eigenvalue weighted by molar-refractivity contribution is 7.89. The molecule has 3 rings (SSSR count). The zero-order valence-electron chi connectivity index (χ0n) is 16.2. The summed E-state index contributed by atoms with van der Waals surface area (Å²) < 4.78 is 29.9. The van der Waals surface area contributed by atoms with Crippen LogP contribution in [0.25, 0.3) is 0 Å². The normalized spacial score (nSPS) is 19.1. The van der Waals surface area contributed by atoms with Crippen LogP contribution in [-0.2, 0) is 16.6 Å². The van der Waals surface area contributed by atoms with Crippen LogP contribution in [0.3, 0.4) is 0 Å². The highest BCUT2D eigenvalue weighted by Gasteiger charge is 2.35.